The number of hydrogen-bond acceptors (Lipinski definition) is 17. The lowest BCUT2D eigenvalue weighted by molar-refractivity contribution is -0.384. The third-order valence-corrected chi connectivity index (χ3v) is 10.2. The molecule has 0 bridgehead atoms. The van der Waals surface area contributed by atoms with E-state index in [1.807, 2.05) is 0 Å². The first kappa shape index (κ1) is 35.8. The minimum atomic E-state index is -1.50. The zero-order chi connectivity index (χ0) is 37.8. The van der Waals surface area contributed by atoms with Gasteiger partial charge in [-0.25, -0.2) is 4.79 Å². The SMILES string of the molecule is COc1cc([C@@H]2c3cc4c(cc3[C@@H](OC3OC5COC(C)OC5C(O)C3O)[C@H]3COC(=O)[C@H]23)OCO4)cc(OC)c1OC(=O)Oc1ccc([N+](=O)[O-])cc1. The number of benzene rings is 3. The Morgan fingerprint density at radius 3 is 2.24 bits per heavy atom. The van der Waals surface area contributed by atoms with E-state index in [-0.39, 0.29) is 48.7 Å². The number of rotatable bonds is 8. The molecular formula is C36H35NO17. The molecule has 3 aromatic rings. The summed E-state index contributed by atoms with van der Waals surface area (Å²) in [4.78, 5) is 37.0. The van der Waals surface area contributed by atoms with Crippen molar-refractivity contribution in [3.63, 3.8) is 0 Å². The fraction of sp³-hybridized carbons (Fsp3) is 0.444. The van der Waals surface area contributed by atoms with Crippen molar-refractivity contribution in [1.29, 1.82) is 0 Å². The molecule has 4 aliphatic heterocycles. The molecule has 18 heteroatoms. The largest absolute Gasteiger partial charge is 0.519 e. The highest BCUT2D eigenvalue weighted by Crippen LogP contribution is 2.57. The average Bonchev–Trinajstić information content (AvgIpc) is 3.79. The molecule has 4 heterocycles. The van der Waals surface area contributed by atoms with Crippen LogP contribution < -0.4 is 28.4 Å². The molecule has 2 N–H and O–H groups in total. The molecule has 0 spiro atoms. The molecule has 1 aliphatic carbocycles. The van der Waals surface area contributed by atoms with E-state index in [1.54, 1.807) is 31.2 Å². The number of nitro benzene ring substituents is 1. The van der Waals surface area contributed by atoms with Gasteiger partial charge in [-0.15, -0.1) is 0 Å². The lowest BCUT2D eigenvalue weighted by atomic mass is 9.66. The van der Waals surface area contributed by atoms with Gasteiger partial charge in [-0.1, -0.05) is 0 Å². The number of ether oxygens (including phenoxy) is 11. The van der Waals surface area contributed by atoms with Gasteiger partial charge in [0.15, 0.2) is 35.6 Å². The molecule has 6 unspecified atom stereocenters. The Morgan fingerprint density at radius 2 is 1.57 bits per heavy atom. The molecule has 286 valence electrons. The predicted molar refractivity (Wildman–Crippen MR) is 176 cm³/mol. The molecule has 3 fully saturated rings. The van der Waals surface area contributed by atoms with Crippen LogP contribution in [0.15, 0.2) is 48.5 Å². The number of non-ortho nitro benzene ring substituents is 1. The minimum Gasteiger partial charge on any atom is -0.493 e. The Balaban J connectivity index is 1.14. The van der Waals surface area contributed by atoms with E-state index < -0.39 is 77.9 Å². The molecule has 54 heavy (non-hydrogen) atoms. The summed E-state index contributed by atoms with van der Waals surface area (Å²) in [5, 5.41) is 33.2. The van der Waals surface area contributed by atoms with Crippen LogP contribution in [0.25, 0.3) is 0 Å². The van der Waals surface area contributed by atoms with Gasteiger partial charge in [0.1, 0.15) is 30.2 Å². The summed E-state index contributed by atoms with van der Waals surface area (Å²) < 4.78 is 63.0. The van der Waals surface area contributed by atoms with E-state index in [0.717, 1.165) is 0 Å². The molecule has 3 saturated heterocycles. The molecule has 8 rings (SSSR count). The van der Waals surface area contributed by atoms with Crippen LogP contribution >= 0.6 is 0 Å². The molecular weight excluding hydrogens is 718 g/mol. The number of esters is 1. The van der Waals surface area contributed by atoms with Gasteiger partial charge in [0.25, 0.3) is 5.69 Å². The van der Waals surface area contributed by atoms with Crippen LogP contribution in [0.5, 0.6) is 34.5 Å². The van der Waals surface area contributed by atoms with Gasteiger partial charge in [-0.2, -0.15) is 0 Å². The van der Waals surface area contributed by atoms with Crippen molar-refractivity contribution >= 4 is 17.8 Å². The molecule has 5 aliphatic rings. The number of carbonyl (C=O) groups excluding carboxylic acids is 2. The first-order valence-electron chi connectivity index (χ1n) is 17.0. The third-order valence-electron chi connectivity index (χ3n) is 10.2. The Hall–Kier alpha value is -5.24. The van der Waals surface area contributed by atoms with Crippen LogP contribution in [-0.4, -0.2) is 98.5 Å². The van der Waals surface area contributed by atoms with Crippen LogP contribution in [0, 0.1) is 22.0 Å². The van der Waals surface area contributed by atoms with Crippen LogP contribution in [0.1, 0.15) is 35.6 Å². The van der Waals surface area contributed by atoms with Crippen LogP contribution in [0.2, 0.25) is 0 Å². The minimum absolute atomic E-state index is 0.00395. The van der Waals surface area contributed by atoms with E-state index in [2.05, 4.69) is 0 Å². The molecule has 0 radical (unpaired) electrons. The van der Waals surface area contributed by atoms with Gasteiger partial charge in [0, 0.05) is 24.0 Å². The predicted octanol–water partition coefficient (Wildman–Crippen LogP) is 3.12. The van der Waals surface area contributed by atoms with Crippen LogP contribution in [-0.2, 0) is 28.5 Å². The Labute approximate surface area is 306 Å². The van der Waals surface area contributed by atoms with Crippen molar-refractivity contribution in [3.05, 3.63) is 75.3 Å². The fourth-order valence-electron chi connectivity index (χ4n) is 7.66. The van der Waals surface area contributed by atoms with Gasteiger partial charge in [0.2, 0.25) is 12.5 Å². The Kier molecular flexibility index (Phi) is 9.41. The smallest absolute Gasteiger partial charge is 0.493 e. The summed E-state index contributed by atoms with van der Waals surface area (Å²) >= 11 is 0. The summed E-state index contributed by atoms with van der Waals surface area (Å²) in [5.41, 5.74) is 1.52. The summed E-state index contributed by atoms with van der Waals surface area (Å²) in [6.45, 7) is 1.71. The fourth-order valence-corrected chi connectivity index (χ4v) is 7.66. The van der Waals surface area contributed by atoms with Gasteiger partial charge in [0.05, 0.1) is 44.4 Å². The van der Waals surface area contributed by atoms with Crippen molar-refractivity contribution in [2.24, 2.45) is 11.8 Å². The number of nitrogens with zero attached hydrogens (tertiary/aromatic N) is 1. The second kappa shape index (κ2) is 14.2. The maximum Gasteiger partial charge on any atom is 0.519 e. The summed E-state index contributed by atoms with van der Waals surface area (Å²) in [5.74, 6) is -1.86. The van der Waals surface area contributed by atoms with E-state index in [1.165, 1.54) is 38.5 Å². The second-order valence-electron chi connectivity index (χ2n) is 13.2. The van der Waals surface area contributed by atoms with Crippen molar-refractivity contribution in [2.45, 2.75) is 55.9 Å². The zero-order valence-electron chi connectivity index (χ0n) is 29.0. The van der Waals surface area contributed by atoms with Gasteiger partial charge in [-0.3, -0.25) is 14.9 Å². The number of methoxy groups -OCH3 is 2. The third kappa shape index (κ3) is 6.29. The van der Waals surface area contributed by atoms with E-state index in [0.29, 0.717) is 28.2 Å². The maximum atomic E-state index is 13.7. The van der Waals surface area contributed by atoms with Crippen LogP contribution in [0.3, 0.4) is 0 Å². The topological polar surface area (TPSA) is 219 Å². The van der Waals surface area contributed by atoms with Crippen molar-refractivity contribution in [3.8, 4) is 34.5 Å². The Bertz CT molecular complexity index is 1930. The summed E-state index contributed by atoms with van der Waals surface area (Å²) in [6, 6.07) is 11.5. The highest BCUT2D eigenvalue weighted by Gasteiger charge is 2.56. The van der Waals surface area contributed by atoms with Crippen molar-refractivity contribution in [2.75, 3.05) is 34.2 Å². The monoisotopic (exact) mass is 753 g/mol. The zero-order valence-corrected chi connectivity index (χ0v) is 29.0. The number of hydrogen-bond donors (Lipinski definition) is 2. The van der Waals surface area contributed by atoms with Gasteiger partial charge < -0.3 is 62.3 Å². The van der Waals surface area contributed by atoms with Crippen molar-refractivity contribution < 1.29 is 76.8 Å². The van der Waals surface area contributed by atoms with Gasteiger partial charge in [-0.05, 0) is 60.0 Å². The number of carbonyl (C=O) groups is 2. The second-order valence-corrected chi connectivity index (χ2v) is 13.2. The first-order chi connectivity index (χ1) is 26.0. The number of fused-ring (bicyclic) bond motifs is 4. The molecule has 0 amide bonds. The first-order valence-corrected chi connectivity index (χ1v) is 17.0. The number of aliphatic hydroxyl groups excluding tert-OH is 2. The van der Waals surface area contributed by atoms with Gasteiger partial charge >= 0.3 is 12.1 Å². The molecule has 18 nitrogen and oxygen atoms in total. The molecule has 0 saturated carbocycles. The quantitative estimate of drug-likeness (QED) is 0.146. The summed E-state index contributed by atoms with van der Waals surface area (Å²) in [6.07, 6.45) is -8.43. The molecule has 0 aromatic heterocycles. The average molecular weight is 754 g/mol. The number of nitro groups is 1. The highest BCUT2D eigenvalue weighted by atomic mass is 16.8. The van der Waals surface area contributed by atoms with Crippen molar-refractivity contribution in [1.82, 2.24) is 0 Å². The van der Waals surface area contributed by atoms with E-state index >= 15 is 0 Å². The Morgan fingerprint density at radius 1 is 0.889 bits per heavy atom. The standard InChI is InChI=1S/C36H35NO17/c1-15-46-13-26-33(50-15)29(38)30(39)35(52-26)53-31-20-11-23-22(48-14-49-23)10-19(20)27(28-21(31)12-47-34(28)40)16-8-24(44-2)32(25(9-16)45-3)54-36(41)51-18-6-4-17(5-7-18)37(42)43/h4-11,15,21,26-31,33,35,38-39H,12-14H2,1-3H3/t15?,21-,26?,27+,28-,29?,30?,31+,33?,35?/m0/s1. The van der Waals surface area contributed by atoms with Crippen LogP contribution in [0.4, 0.5) is 10.5 Å². The normalized spacial score (nSPS) is 30.6. The summed E-state index contributed by atoms with van der Waals surface area (Å²) in [7, 11) is 2.71. The van der Waals surface area contributed by atoms with E-state index in [4.69, 9.17) is 52.1 Å². The lowest BCUT2D eigenvalue weighted by Crippen LogP contribution is -2.63. The van der Waals surface area contributed by atoms with E-state index in [9.17, 15) is 29.9 Å². The highest BCUT2D eigenvalue weighted by molar-refractivity contribution is 5.79. The number of cyclic esters (lactones) is 1. The lowest BCUT2D eigenvalue weighted by Gasteiger charge is -2.47. The number of aliphatic hydroxyl groups is 2. The molecule has 3 aromatic carbocycles. The maximum absolute atomic E-state index is 13.7. The molecule has 10 atom stereocenters.